The van der Waals surface area contributed by atoms with Gasteiger partial charge in [0.15, 0.2) is 11.5 Å². The van der Waals surface area contributed by atoms with Crippen LogP contribution in [-0.2, 0) is 16.4 Å². The van der Waals surface area contributed by atoms with Gasteiger partial charge in [-0.25, -0.2) is 23.5 Å². The fourth-order valence-electron chi connectivity index (χ4n) is 3.97. The first-order valence-electron chi connectivity index (χ1n) is 9.12. The van der Waals surface area contributed by atoms with Gasteiger partial charge in [0.25, 0.3) is 0 Å². The molecule has 2 heterocycles. The standard InChI is InChI=1S/C17H20N6O3S/c1-27(25,26)23(20-11-3-2-4-11)17(24)15-13-8-10-7-12(10)16(13)22(21-15)14-9-18-5-6-19-14/h5-6,9-12,20H,2-4,7-8H2,1H3/t10-,12-/m1/s1. The van der Waals surface area contributed by atoms with Gasteiger partial charge in [0, 0.05) is 29.9 Å². The summed E-state index contributed by atoms with van der Waals surface area (Å²) in [5, 5.41) is 4.48. The lowest BCUT2D eigenvalue weighted by Gasteiger charge is -2.31. The van der Waals surface area contributed by atoms with Crippen molar-refractivity contribution in [2.24, 2.45) is 5.92 Å². The van der Waals surface area contributed by atoms with Crippen LogP contribution in [0.25, 0.3) is 5.82 Å². The molecule has 0 spiro atoms. The first kappa shape index (κ1) is 16.8. The predicted molar refractivity (Wildman–Crippen MR) is 95.5 cm³/mol. The maximum Gasteiger partial charge on any atom is 0.302 e. The van der Waals surface area contributed by atoms with Crippen LogP contribution in [0.5, 0.6) is 0 Å². The Morgan fingerprint density at radius 3 is 2.78 bits per heavy atom. The van der Waals surface area contributed by atoms with Gasteiger partial charge in [-0.15, -0.1) is 0 Å². The quantitative estimate of drug-likeness (QED) is 0.754. The van der Waals surface area contributed by atoms with Gasteiger partial charge < -0.3 is 0 Å². The number of nitrogens with zero attached hydrogens (tertiary/aromatic N) is 5. The van der Waals surface area contributed by atoms with Crippen LogP contribution in [0.2, 0.25) is 0 Å². The molecule has 1 N–H and O–H groups in total. The highest BCUT2D eigenvalue weighted by molar-refractivity contribution is 7.88. The molecule has 1 amide bonds. The highest BCUT2D eigenvalue weighted by Crippen LogP contribution is 2.57. The maximum atomic E-state index is 13.2. The minimum atomic E-state index is -3.76. The monoisotopic (exact) mass is 388 g/mol. The molecule has 2 atom stereocenters. The summed E-state index contributed by atoms with van der Waals surface area (Å²) in [7, 11) is -3.76. The predicted octanol–water partition coefficient (Wildman–Crippen LogP) is 0.781. The summed E-state index contributed by atoms with van der Waals surface area (Å²) in [6.45, 7) is 0. The molecule has 3 aliphatic carbocycles. The van der Waals surface area contributed by atoms with E-state index in [2.05, 4.69) is 20.5 Å². The van der Waals surface area contributed by atoms with Crippen LogP contribution in [0.1, 0.15) is 53.3 Å². The normalized spacial score (nSPS) is 23.4. The fraction of sp³-hybridized carbons (Fsp3) is 0.529. The summed E-state index contributed by atoms with van der Waals surface area (Å²) in [6.07, 6.45) is 10.4. The first-order chi connectivity index (χ1) is 12.9. The number of carbonyl (C=O) groups excluding carboxylic acids is 1. The Hall–Kier alpha value is -2.33. The van der Waals surface area contributed by atoms with Crippen molar-refractivity contribution in [3.8, 4) is 5.82 Å². The Kier molecular flexibility index (Phi) is 3.63. The average molecular weight is 388 g/mol. The van der Waals surface area contributed by atoms with E-state index in [1.54, 1.807) is 23.3 Å². The smallest absolute Gasteiger partial charge is 0.265 e. The first-order valence-corrected chi connectivity index (χ1v) is 11.0. The molecule has 0 saturated heterocycles. The number of rotatable bonds is 5. The zero-order valence-corrected chi connectivity index (χ0v) is 15.7. The van der Waals surface area contributed by atoms with E-state index >= 15 is 0 Å². The molecule has 142 valence electrons. The van der Waals surface area contributed by atoms with Crippen LogP contribution in [0.3, 0.4) is 0 Å². The van der Waals surface area contributed by atoms with Gasteiger partial charge in [0.2, 0.25) is 10.0 Å². The Morgan fingerprint density at radius 2 is 2.15 bits per heavy atom. The number of fused-ring (bicyclic) bond motifs is 3. The molecular formula is C17H20N6O3S. The lowest BCUT2D eigenvalue weighted by molar-refractivity contribution is 0.0756. The molecule has 0 aromatic carbocycles. The third kappa shape index (κ3) is 2.74. The number of nitrogens with one attached hydrogen (secondary N) is 1. The maximum absolute atomic E-state index is 13.2. The summed E-state index contributed by atoms with van der Waals surface area (Å²) in [5.74, 6) is 0.795. The van der Waals surface area contributed by atoms with E-state index in [-0.39, 0.29) is 11.7 Å². The van der Waals surface area contributed by atoms with E-state index in [1.165, 1.54) is 0 Å². The second kappa shape index (κ2) is 5.83. The number of carbonyl (C=O) groups is 1. The molecule has 5 rings (SSSR count). The lowest BCUT2D eigenvalue weighted by atomic mass is 9.94. The number of hydrogen-bond donors (Lipinski definition) is 1. The molecule has 0 radical (unpaired) electrons. The van der Waals surface area contributed by atoms with E-state index in [1.807, 2.05) is 0 Å². The summed E-state index contributed by atoms with van der Waals surface area (Å²) >= 11 is 0. The highest BCUT2D eigenvalue weighted by Gasteiger charge is 2.51. The zero-order chi connectivity index (χ0) is 18.8. The molecule has 2 saturated carbocycles. The molecular weight excluding hydrogens is 368 g/mol. The Labute approximate surface area is 156 Å². The average Bonchev–Trinajstić information content (AvgIpc) is 3.09. The summed E-state index contributed by atoms with van der Waals surface area (Å²) < 4.78 is 26.9. The van der Waals surface area contributed by atoms with Gasteiger partial charge in [0.05, 0.1) is 18.1 Å². The number of hydrazine groups is 1. The van der Waals surface area contributed by atoms with Crippen molar-refractivity contribution in [1.82, 2.24) is 29.6 Å². The molecule has 2 aromatic heterocycles. The van der Waals surface area contributed by atoms with E-state index in [9.17, 15) is 13.2 Å². The van der Waals surface area contributed by atoms with Gasteiger partial charge in [-0.3, -0.25) is 9.78 Å². The second-order valence-corrected chi connectivity index (χ2v) is 9.41. The third-order valence-electron chi connectivity index (χ3n) is 5.65. The summed E-state index contributed by atoms with van der Waals surface area (Å²) in [5.41, 5.74) is 4.88. The van der Waals surface area contributed by atoms with Crippen molar-refractivity contribution in [3.05, 3.63) is 35.5 Å². The lowest BCUT2D eigenvalue weighted by Crippen LogP contribution is -2.53. The van der Waals surface area contributed by atoms with Crippen LogP contribution in [-0.4, -0.2) is 50.8 Å². The molecule has 0 aliphatic heterocycles. The molecule has 9 nitrogen and oxygen atoms in total. The van der Waals surface area contributed by atoms with Gasteiger partial charge in [-0.05, 0) is 31.6 Å². The summed E-state index contributed by atoms with van der Waals surface area (Å²) in [6, 6.07) is 0.00667. The van der Waals surface area contributed by atoms with Gasteiger partial charge in [-0.1, -0.05) is 6.42 Å². The molecule has 3 aliphatic rings. The minimum Gasteiger partial charge on any atom is -0.265 e. The second-order valence-electron chi connectivity index (χ2n) is 7.58. The number of sulfonamides is 1. The number of aromatic nitrogens is 4. The van der Waals surface area contributed by atoms with Crippen molar-refractivity contribution < 1.29 is 13.2 Å². The molecule has 2 aromatic rings. The van der Waals surface area contributed by atoms with E-state index in [0.717, 1.165) is 54.0 Å². The molecule has 0 unspecified atom stereocenters. The van der Waals surface area contributed by atoms with Crippen LogP contribution >= 0.6 is 0 Å². The molecule has 10 heteroatoms. The highest BCUT2D eigenvalue weighted by atomic mass is 32.2. The zero-order valence-electron chi connectivity index (χ0n) is 14.9. The number of amides is 1. The van der Waals surface area contributed by atoms with Gasteiger partial charge in [0.1, 0.15) is 0 Å². The largest absolute Gasteiger partial charge is 0.302 e. The van der Waals surface area contributed by atoms with E-state index in [4.69, 9.17) is 0 Å². The van der Waals surface area contributed by atoms with Crippen LogP contribution in [0, 0.1) is 5.92 Å². The van der Waals surface area contributed by atoms with E-state index < -0.39 is 15.9 Å². The Bertz CT molecular complexity index is 1010. The Balaban J connectivity index is 1.56. The van der Waals surface area contributed by atoms with E-state index in [0.29, 0.717) is 17.7 Å². The molecule has 27 heavy (non-hydrogen) atoms. The van der Waals surface area contributed by atoms with Crippen molar-refractivity contribution in [1.29, 1.82) is 0 Å². The summed E-state index contributed by atoms with van der Waals surface area (Å²) in [4.78, 5) is 21.5. The SMILES string of the molecule is CS(=O)(=O)N(NC1CCC1)C(=O)c1nn(-c2cnccn2)c2c1C[C@H]1C[C@@H]21. The van der Waals surface area contributed by atoms with Crippen LogP contribution < -0.4 is 5.43 Å². The third-order valence-corrected chi connectivity index (χ3v) is 6.59. The topological polar surface area (TPSA) is 110 Å². The minimum absolute atomic E-state index is 0.00667. The Morgan fingerprint density at radius 1 is 1.33 bits per heavy atom. The van der Waals surface area contributed by atoms with Crippen LogP contribution in [0.4, 0.5) is 0 Å². The molecule has 0 bridgehead atoms. The molecule has 2 fully saturated rings. The van der Waals surface area contributed by atoms with Crippen molar-refractivity contribution in [3.63, 3.8) is 0 Å². The van der Waals surface area contributed by atoms with Crippen molar-refractivity contribution in [2.45, 2.75) is 44.1 Å². The van der Waals surface area contributed by atoms with Crippen LogP contribution in [0.15, 0.2) is 18.6 Å². The fourth-order valence-corrected chi connectivity index (χ4v) is 4.70. The van der Waals surface area contributed by atoms with Crippen molar-refractivity contribution >= 4 is 15.9 Å². The van der Waals surface area contributed by atoms with Gasteiger partial charge >= 0.3 is 5.91 Å². The van der Waals surface area contributed by atoms with Crippen molar-refractivity contribution in [2.75, 3.05) is 6.26 Å². The number of hydrogen-bond acceptors (Lipinski definition) is 7. The van der Waals surface area contributed by atoms with Gasteiger partial charge in [-0.2, -0.15) is 9.51 Å².